The number of rotatable bonds is 2. The highest BCUT2D eigenvalue weighted by molar-refractivity contribution is 7.01. The number of imidazole rings is 2. The van der Waals surface area contributed by atoms with E-state index in [1.54, 1.807) is 0 Å². The molecule has 6 heteroatoms. The molecule has 3 aliphatic heterocycles. The molecule has 7 aromatic rings. The van der Waals surface area contributed by atoms with Gasteiger partial charge in [0, 0.05) is 56.2 Å². The summed E-state index contributed by atoms with van der Waals surface area (Å²) < 4.78 is 17.3. The second-order valence-electron chi connectivity index (χ2n) is 14.0. The number of fused-ring (bicyclic) bond motifs is 2. The second-order valence-corrected chi connectivity index (χ2v) is 14.0. The van der Waals surface area contributed by atoms with Gasteiger partial charge in [0.15, 0.2) is 11.5 Å². The number of hydrogen-bond acceptors (Lipinski definition) is 1. The highest BCUT2D eigenvalue weighted by Crippen LogP contribution is 2.49. The first-order chi connectivity index (χ1) is 21.2. The first-order valence-corrected chi connectivity index (χ1v) is 15.7. The minimum atomic E-state index is -0.00869. The average Bonchev–Trinajstić information content (AvgIpc) is 3.69. The van der Waals surface area contributed by atoms with Crippen LogP contribution in [0.2, 0.25) is 0 Å². The van der Waals surface area contributed by atoms with Crippen molar-refractivity contribution in [2.45, 2.75) is 53.9 Å². The fourth-order valence-corrected chi connectivity index (χ4v) is 8.46. The number of benzene rings is 3. The highest BCUT2D eigenvalue weighted by atomic mass is 16.5. The van der Waals surface area contributed by atoms with E-state index in [0.29, 0.717) is 0 Å². The van der Waals surface area contributed by atoms with Gasteiger partial charge in [0.2, 0.25) is 0 Å². The van der Waals surface area contributed by atoms with E-state index in [1.807, 2.05) is 0 Å². The third kappa shape index (κ3) is 2.58. The van der Waals surface area contributed by atoms with Crippen molar-refractivity contribution in [3.8, 4) is 45.4 Å². The Morgan fingerprint density at radius 1 is 0.568 bits per heavy atom. The van der Waals surface area contributed by atoms with Gasteiger partial charge in [-0.3, -0.25) is 17.9 Å². The monoisotopic (exact) mass is 572 g/mol. The van der Waals surface area contributed by atoms with E-state index in [1.165, 1.54) is 78.5 Å². The molecule has 4 aromatic heterocycles. The SMILES string of the molecule is Cc1c(C)n2c(-c3ccccc3)c3c4c2n1-c1cc(C(C)(C)C)cc2c1B4c1c(c(-c4ccccc4)n4c(C)c(C)n-2c14)O3. The molecule has 0 unspecified atom stereocenters. The molecule has 0 N–H and O–H groups in total. The number of hydrogen-bond donors (Lipinski definition) is 0. The molecule has 214 valence electrons. The molecule has 44 heavy (non-hydrogen) atoms. The summed E-state index contributed by atoms with van der Waals surface area (Å²) in [4.78, 5) is 0. The van der Waals surface area contributed by atoms with Gasteiger partial charge < -0.3 is 4.74 Å². The summed E-state index contributed by atoms with van der Waals surface area (Å²) in [5.41, 5.74) is 20.1. The Morgan fingerprint density at radius 3 is 1.41 bits per heavy atom. The molecule has 0 atom stereocenters. The molecule has 0 aliphatic carbocycles. The van der Waals surface area contributed by atoms with Crippen molar-refractivity contribution in [3.05, 3.63) is 101 Å². The van der Waals surface area contributed by atoms with E-state index < -0.39 is 0 Å². The molecule has 0 spiro atoms. The van der Waals surface area contributed by atoms with Gasteiger partial charge >= 0.3 is 0 Å². The van der Waals surface area contributed by atoms with Crippen LogP contribution >= 0.6 is 0 Å². The maximum atomic E-state index is 7.33. The van der Waals surface area contributed by atoms with Crippen molar-refractivity contribution >= 4 is 34.4 Å². The van der Waals surface area contributed by atoms with Crippen LogP contribution in [0, 0.1) is 27.7 Å². The standard InChI is InChI=1S/C38H33BN4O/c1-20-22(3)42-32(24-14-10-8-11-15-24)34-30-36(42)40(20)27-18-26(38(5,6)7)19-28-29(27)39(30)31-35(44-34)33(25-16-12-9-13-17-25)43-23(4)21(2)41(28)37(31)43/h8-19H,1-7H3. The van der Waals surface area contributed by atoms with E-state index in [-0.39, 0.29) is 12.1 Å². The predicted molar refractivity (Wildman–Crippen MR) is 180 cm³/mol. The lowest BCUT2D eigenvalue weighted by molar-refractivity contribution is 0.491. The molecule has 0 fully saturated rings. The molecule has 7 heterocycles. The zero-order chi connectivity index (χ0) is 30.0. The van der Waals surface area contributed by atoms with E-state index in [2.05, 4.69) is 139 Å². The molecular weight excluding hydrogens is 539 g/mol. The number of nitrogens with zero attached hydrogens (tertiary/aromatic N) is 4. The number of ether oxygens (including phenoxy) is 1. The van der Waals surface area contributed by atoms with Crippen LogP contribution in [0.15, 0.2) is 72.8 Å². The van der Waals surface area contributed by atoms with Crippen molar-refractivity contribution in [1.82, 2.24) is 17.9 Å². The van der Waals surface area contributed by atoms with Crippen LogP contribution in [-0.2, 0) is 5.41 Å². The van der Waals surface area contributed by atoms with Gasteiger partial charge in [0.1, 0.15) is 11.3 Å². The maximum absolute atomic E-state index is 7.33. The average molecular weight is 573 g/mol. The van der Waals surface area contributed by atoms with Crippen LogP contribution < -0.4 is 21.1 Å². The van der Waals surface area contributed by atoms with Gasteiger partial charge in [-0.25, -0.2) is 0 Å². The third-order valence-electron chi connectivity index (χ3n) is 10.7. The molecule has 0 saturated carbocycles. The minimum Gasteiger partial charge on any atom is -0.454 e. The Bertz CT molecular complexity index is 2270. The smallest absolute Gasteiger partial charge is 0.266 e. The van der Waals surface area contributed by atoms with Gasteiger partial charge in [0.25, 0.3) is 6.71 Å². The topological polar surface area (TPSA) is 27.9 Å². The first-order valence-electron chi connectivity index (χ1n) is 15.7. The van der Waals surface area contributed by atoms with E-state index in [4.69, 9.17) is 4.74 Å². The summed E-state index contributed by atoms with van der Waals surface area (Å²) in [6, 6.07) is 26.5. The van der Waals surface area contributed by atoms with Gasteiger partial charge in [-0.2, -0.15) is 0 Å². The van der Waals surface area contributed by atoms with Crippen molar-refractivity contribution in [2.75, 3.05) is 0 Å². The van der Waals surface area contributed by atoms with E-state index >= 15 is 0 Å². The Kier molecular flexibility index (Phi) is 4.26. The van der Waals surface area contributed by atoms with Crippen molar-refractivity contribution in [2.24, 2.45) is 0 Å². The van der Waals surface area contributed by atoms with Crippen LogP contribution in [-0.4, -0.2) is 24.6 Å². The van der Waals surface area contributed by atoms with E-state index in [9.17, 15) is 0 Å². The summed E-state index contributed by atoms with van der Waals surface area (Å²) in [6.45, 7) is 16.1. The van der Waals surface area contributed by atoms with Crippen molar-refractivity contribution in [1.29, 1.82) is 0 Å². The predicted octanol–water partition coefficient (Wildman–Crippen LogP) is 6.89. The molecular formula is C38H33BN4O. The zero-order valence-corrected chi connectivity index (χ0v) is 26.2. The Morgan fingerprint density at radius 2 is 1.00 bits per heavy atom. The molecule has 0 saturated heterocycles. The summed E-state index contributed by atoms with van der Waals surface area (Å²) >= 11 is 0. The van der Waals surface area contributed by atoms with E-state index in [0.717, 1.165) is 22.9 Å². The molecule has 3 aliphatic rings. The van der Waals surface area contributed by atoms with Gasteiger partial charge in [-0.1, -0.05) is 81.4 Å². The van der Waals surface area contributed by atoms with Gasteiger partial charge in [-0.05, 0) is 56.3 Å². The van der Waals surface area contributed by atoms with Crippen LogP contribution in [0.1, 0.15) is 49.1 Å². The largest absolute Gasteiger partial charge is 0.454 e. The molecule has 3 aromatic carbocycles. The third-order valence-corrected chi connectivity index (χ3v) is 10.7. The summed E-state index contributed by atoms with van der Waals surface area (Å²) in [7, 11) is 0. The zero-order valence-electron chi connectivity index (χ0n) is 26.2. The maximum Gasteiger partial charge on any atom is 0.266 e. The second kappa shape index (κ2) is 7.62. The molecule has 0 radical (unpaired) electrons. The number of aryl methyl sites for hydroxylation is 2. The Balaban J connectivity index is 1.48. The van der Waals surface area contributed by atoms with Crippen LogP contribution in [0.25, 0.3) is 45.2 Å². The van der Waals surface area contributed by atoms with Crippen LogP contribution in [0.5, 0.6) is 11.5 Å². The quantitative estimate of drug-likeness (QED) is 0.208. The summed E-state index contributed by atoms with van der Waals surface area (Å²) in [5, 5.41) is 0. The molecule has 5 nitrogen and oxygen atoms in total. The Labute approximate surface area is 257 Å². The lowest BCUT2D eigenvalue weighted by Crippen LogP contribution is -2.61. The molecule has 10 rings (SSSR count). The van der Waals surface area contributed by atoms with Crippen molar-refractivity contribution in [3.63, 3.8) is 0 Å². The normalized spacial score (nSPS) is 13.9. The summed E-state index contributed by atoms with van der Waals surface area (Å²) in [5.74, 6) is 1.98. The van der Waals surface area contributed by atoms with Gasteiger partial charge in [0.05, 0.1) is 11.4 Å². The Hall–Kier alpha value is -4.84. The van der Waals surface area contributed by atoms with Crippen LogP contribution in [0.4, 0.5) is 0 Å². The van der Waals surface area contributed by atoms with Crippen LogP contribution in [0.3, 0.4) is 0 Å². The molecule has 0 amide bonds. The fourth-order valence-electron chi connectivity index (χ4n) is 8.46. The molecule has 0 bridgehead atoms. The van der Waals surface area contributed by atoms with Gasteiger partial charge in [-0.15, -0.1) is 0 Å². The summed E-state index contributed by atoms with van der Waals surface area (Å²) in [6.07, 6.45) is 0. The minimum absolute atomic E-state index is 0.00869. The fraction of sp³-hybridized carbons (Fsp3) is 0.211. The first kappa shape index (κ1) is 24.6. The van der Waals surface area contributed by atoms with Crippen molar-refractivity contribution < 1.29 is 4.74 Å². The lowest BCUT2D eigenvalue weighted by atomic mass is 9.34. The lowest BCUT2D eigenvalue weighted by Gasteiger charge is -2.36. The number of aromatic nitrogens is 4. The highest BCUT2D eigenvalue weighted by Gasteiger charge is 2.51.